The van der Waals surface area contributed by atoms with Crippen molar-refractivity contribution in [1.82, 2.24) is 14.8 Å². The summed E-state index contributed by atoms with van der Waals surface area (Å²) in [4.78, 5) is 20.2. The van der Waals surface area contributed by atoms with E-state index in [1.165, 1.54) is 0 Å². The van der Waals surface area contributed by atoms with E-state index in [4.69, 9.17) is 4.74 Å². The summed E-state index contributed by atoms with van der Waals surface area (Å²) < 4.78 is 5.12. The zero-order chi connectivity index (χ0) is 14.3. The molecule has 0 saturated carbocycles. The van der Waals surface area contributed by atoms with Gasteiger partial charge in [-0.2, -0.15) is 0 Å². The van der Waals surface area contributed by atoms with Crippen LogP contribution in [0.3, 0.4) is 0 Å². The number of aromatic nitrogens is 1. The lowest BCUT2D eigenvalue weighted by Gasteiger charge is -2.26. The molecular formula is C14H23N3O2. The summed E-state index contributed by atoms with van der Waals surface area (Å²) in [6.07, 6.45) is 3.10. The average molecular weight is 265 g/mol. The number of nitrogens with zero attached hydrogens (tertiary/aromatic N) is 3. The van der Waals surface area contributed by atoms with E-state index in [1.807, 2.05) is 31.1 Å². The number of likely N-dealkylation sites (N-methyl/N-ethyl adjacent to an activating group) is 1. The molecule has 19 heavy (non-hydrogen) atoms. The highest BCUT2D eigenvalue weighted by Gasteiger charge is 2.20. The maximum atomic E-state index is 12.3. The number of ether oxygens (including phenoxy) is 1. The van der Waals surface area contributed by atoms with Crippen LogP contribution in [0.5, 0.6) is 0 Å². The Balaban J connectivity index is 2.71. The molecule has 1 amide bonds. The molecule has 5 nitrogen and oxygen atoms in total. The smallest absolute Gasteiger partial charge is 0.251 e. The van der Waals surface area contributed by atoms with Crippen molar-refractivity contribution in [3.05, 3.63) is 30.1 Å². The Hall–Kier alpha value is -1.46. The van der Waals surface area contributed by atoms with Gasteiger partial charge in [0.1, 0.15) is 6.10 Å². The lowest BCUT2D eigenvalue weighted by molar-refractivity contribution is -0.141. The number of pyridine rings is 1. The van der Waals surface area contributed by atoms with Gasteiger partial charge in [-0.1, -0.05) is 6.07 Å². The number of rotatable bonds is 7. The van der Waals surface area contributed by atoms with Gasteiger partial charge in [0.05, 0.1) is 0 Å². The summed E-state index contributed by atoms with van der Waals surface area (Å²) in [7, 11) is 5.54. The molecule has 5 heteroatoms. The second kappa shape index (κ2) is 7.86. The van der Waals surface area contributed by atoms with E-state index < -0.39 is 6.10 Å². The van der Waals surface area contributed by atoms with E-state index in [1.54, 1.807) is 26.4 Å². The first-order valence-electron chi connectivity index (χ1n) is 6.39. The lowest BCUT2D eigenvalue weighted by atomic mass is 10.2. The van der Waals surface area contributed by atoms with Crippen LogP contribution in [0.15, 0.2) is 24.5 Å². The molecule has 0 aliphatic rings. The topological polar surface area (TPSA) is 45.7 Å². The normalized spacial score (nSPS) is 12.5. The minimum Gasteiger partial charge on any atom is -0.372 e. The van der Waals surface area contributed by atoms with Gasteiger partial charge >= 0.3 is 0 Å². The van der Waals surface area contributed by atoms with Crippen molar-refractivity contribution in [2.24, 2.45) is 0 Å². The van der Waals surface area contributed by atoms with Crippen LogP contribution in [-0.4, -0.2) is 61.1 Å². The molecule has 0 bridgehead atoms. The third-order valence-corrected chi connectivity index (χ3v) is 2.93. The summed E-state index contributed by atoms with van der Waals surface area (Å²) in [5.41, 5.74) is 1.03. The van der Waals surface area contributed by atoms with Crippen LogP contribution < -0.4 is 0 Å². The van der Waals surface area contributed by atoms with Crippen molar-refractivity contribution in [3.63, 3.8) is 0 Å². The van der Waals surface area contributed by atoms with Crippen LogP contribution in [0.1, 0.15) is 12.5 Å². The lowest BCUT2D eigenvalue weighted by Crippen LogP contribution is -2.41. The van der Waals surface area contributed by atoms with E-state index in [0.29, 0.717) is 13.1 Å². The molecule has 0 N–H and O–H groups in total. The van der Waals surface area contributed by atoms with E-state index in [-0.39, 0.29) is 5.91 Å². The maximum Gasteiger partial charge on any atom is 0.251 e. The zero-order valence-corrected chi connectivity index (χ0v) is 12.2. The number of carbonyl (C=O) groups excluding carboxylic acids is 1. The van der Waals surface area contributed by atoms with E-state index in [9.17, 15) is 4.79 Å². The highest BCUT2D eigenvalue weighted by atomic mass is 16.5. The molecule has 1 heterocycles. The molecule has 106 valence electrons. The summed E-state index contributed by atoms with van der Waals surface area (Å²) in [5.74, 6) is 0.00760. The van der Waals surface area contributed by atoms with Gasteiger partial charge in [0, 0.05) is 39.1 Å². The second-order valence-corrected chi connectivity index (χ2v) is 4.80. The first kappa shape index (κ1) is 15.6. The van der Waals surface area contributed by atoms with E-state index in [2.05, 4.69) is 9.88 Å². The molecule has 1 aromatic heterocycles. The Labute approximate surface area is 115 Å². The Morgan fingerprint density at radius 1 is 1.42 bits per heavy atom. The number of hydrogen-bond donors (Lipinski definition) is 0. The van der Waals surface area contributed by atoms with Crippen molar-refractivity contribution >= 4 is 5.91 Å². The molecule has 0 aromatic carbocycles. The molecule has 1 rings (SSSR count). The van der Waals surface area contributed by atoms with Gasteiger partial charge in [-0.3, -0.25) is 9.78 Å². The molecule has 0 aliphatic carbocycles. The highest BCUT2D eigenvalue weighted by Crippen LogP contribution is 2.06. The van der Waals surface area contributed by atoms with Gasteiger partial charge < -0.3 is 14.5 Å². The highest BCUT2D eigenvalue weighted by molar-refractivity contribution is 5.80. The predicted octanol–water partition coefficient (Wildman–Crippen LogP) is 1.01. The summed E-state index contributed by atoms with van der Waals surface area (Å²) >= 11 is 0. The molecule has 0 fully saturated rings. The quantitative estimate of drug-likeness (QED) is 0.738. The van der Waals surface area contributed by atoms with Crippen LogP contribution in [0.4, 0.5) is 0 Å². The molecule has 1 atom stereocenters. The van der Waals surface area contributed by atoms with Gasteiger partial charge in [0.15, 0.2) is 0 Å². The monoisotopic (exact) mass is 265 g/mol. The van der Waals surface area contributed by atoms with E-state index >= 15 is 0 Å². The number of methoxy groups -OCH3 is 1. The number of hydrogen-bond acceptors (Lipinski definition) is 4. The zero-order valence-electron chi connectivity index (χ0n) is 12.2. The molecule has 1 aromatic rings. The minimum atomic E-state index is -0.418. The molecule has 0 saturated heterocycles. The SMILES string of the molecule is COC(C)C(=O)N(CCN(C)C)Cc1cccnc1. The molecule has 1 unspecified atom stereocenters. The van der Waals surface area contributed by atoms with Crippen LogP contribution in [-0.2, 0) is 16.1 Å². The summed E-state index contributed by atoms with van der Waals surface area (Å²) in [5, 5.41) is 0. The van der Waals surface area contributed by atoms with Gasteiger partial charge in [-0.15, -0.1) is 0 Å². The van der Waals surface area contributed by atoms with Crippen LogP contribution in [0, 0.1) is 0 Å². The number of amides is 1. The fourth-order valence-electron chi connectivity index (χ4n) is 1.66. The van der Waals surface area contributed by atoms with Crippen molar-refractivity contribution in [2.45, 2.75) is 19.6 Å². The molecule has 0 radical (unpaired) electrons. The van der Waals surface area contributed by atoms with Crippen molar-refractivity contribution in [3.8, 4) is 0 Å². The largest absolute Gasteiger partial charge is 0.372 e. The third-order valence-electron chi connectivity index (χ3n) is 2.93. The standard InChI is InChI=1S/C14H23N3O2/c1-12(19-4)14(18)17(9-8-16(2)3)11-13-6-5-7-15-10-13/h5-7,10,12H,8-9,11H2,1-4H3. The fraction of sp³-hybridized carbons (Fsp3) is 0.571. The Morgan fingerprint density at radius 2 is 2.16 bits per heavy atom. The van der Waals surface area contributed by atoms with Crippen LogP contribution >= 0.6 is 0 Å². The first-order chi connectivity index (χ1) is 9.04. The average Bonchev–Trinajstić information content (AvgIpc) is 2.42. The van der Waals surface area contributed by atoms with Crippen LogP contribution in [0.2, 0.25) is 0 Å². The van der Waals surface area contributed by atoms with Crippen LogP contribution in [0.25, 0.3) is 0 Å². The van der Waals surface area contributed by atoms with Gasteiger partial charge in [-0.25, -0.2) is 0 Å². The Kier molecular flexibility index (Phi) is 6.45. The maximum absolute atomic E-state index is 12.3. The van der Waals surface area contributed by atoms with Gasteiger partial charge in [-0.05, 0) is 32.6 Å². The van der Waals surface area contributed by atoms with E-state index in [0.717, 1.165) is 12.1 Å². The van der Waals surface area contributed by atoms with Crippen molar-refractivity contribution < 1.29 is 9.53 Å². The van der Waals surface area contributed by atoms with Gasteiger partial charge in [0.2, 0.25) is 0 Å². The van der Waals surface area contributed by atoms with Gasteiger partial charge in [0.25, 0.3) is 5.91 Å². The molecule has 0 aliphatic heterocycles. The second-order valence-electron chi connectivity index (χ2n) is 4.80. The molecular weight excluding hydrogens is 242 g/mol. The van der Waals surface area contributed by atoms with Crippen molar-refractivity contribution in [2.75, 3.05) is 34.3 Å². The summed E-state index contributed by atoms with van der Waals surface area (Å²) in [6.45, 7) is 3.83. The minimum absolute atomic E-state index is 0.00760. The Morgan fingerprint density at radius 3 is 2.68 bits per heavy atom. The fourth-order valence-corrected chi connectivity index (χ4v) is 1.66. The number of carbonyl (C=O) groups is 1. The Bertz CT molecular complexity index is 382. The predicted molar refractivity (Wildman–Crippen MR) is 74.7 cm³/mol. The molecule has 0 spiro atoms. The van der Waals surface area contributed by atoms with Crippen molar-refractivity contribution in [1.29, 1.82) is 0 Å². The summed E-state index contributed by atoms with van der Waals surface area (Å²) in [6, 6.07) is 3.85. The third kappa shape index (κ3) is 5.36. The first-order valence-corrected chi connectivity index (χ1v) is 6.39.